The fraction of sp³-hybridized carbons (Fsp3) is 0.333. The van der Waals surface area contributed by atoms with Gasteiger partial charge in [-0.25, -0.2) is 0 Å². The highest BCUT2D eigenvalue weighted by atomic mass is 79.9. The molecule has 0 heterocycles. The van der Waals surface area contributed by atoms with E-state index >= 15 is 0 Å². The molecule has 1 aromatic rings. The molecule has 0 saturated heterocycles. The predicted octanol–water partition coefficient (Wildman–Crippen LogP) is 2.15. The van der Waals surface area contributed by atoms with Crippen molar-refractivity contribution in [1.82, 2.24) is 4.90 Å². The van der Waals surface area contributed by atoms with E-state index in [0.29, 0.717) is 13.0 Å². The van der Waals surface area contributed by atoms with Crippen molar-refractivity contribution in [2.45, 2.75) is 12.8 Å². The number of halogens is 1. The zero-order valence-electron chi connectivity index (χ0n) is 11.4. The smallest absolute Gasteiger partial charge is 0.323 e. The van der Waals surface area contributed by atoms with Crippen LogP contribution in [0.3, 0.4) is 0 Å². The van der Waals surface area contributed by atoms with E-state index in [4.69, 9.17) is 16.3 Å². The molecule has 0 fully saturated rings. The molecule has 0 aliphatic carbocycles. The lowest BCUT2D eigenvalue weighted by Gasteiger charge is -2.17. The molecule has 6 heteroatoms. The van der Waals surface area contributed by atoms with Gasteiger partial charge in [0.25, 0.3) is 0 Å². The van der Waals surface area contributed by atoms with Gasteiger partial charge in [-0.2, -0.15) is 0 Å². The molecular weight excluding hydrogens is 338 g/mol. The SMILES string of the molecule is C#CCN(CC(=O)O)C(=O)CCCOc1ccc(Br)cc1. The number of carbonyl (C=O) groups excluding carboxylic acids is 1. The molecule has 0 spiro atoms. The van der Waals surface area contributed by atoms with Gasteiger partial charge in [-0.1, -0.05) is 21.9 Å². The number of hydrogen-bond acceptors (Lipinski definition) is 3. The molecule has 1 rings (SSSR count). The van der Waals surface area contributed by atoms with Crippen LogP contribution in [0.4, 0.5) is 0 Å². The van der Waals surface area contributed by atoms with Crippen LogP contribution in [0, 0.1) is 12.3 Å². The molecule has 0 aliphatic heterocycles. The van der Waals surface area contributed by atoms with Crippen LogP contribution in [0.5, 0.6) is 5.75 Å². The number of carboxylic acids is 1. The van der Waals surface area contributed by atoms with Crippen molar-refractivity contribution in [3.05, 3.63) is 28.7 Å². The van der Waals surface area contributed by atoms with Crippen LogP contribution in [0.15, 0.2) is 28.7 Å². The minimum atomic E-state index is -1.08. The Labute approximate surface area is 132 Å². The number of aliphatic carboxylic acids is 1. The first kappa shape index (κ1) is 17.1. The van der Waals surface area contributed by atoms with Crippen LogP contribution >= 0.6 is 15.9 Å². The number of carboxylic acid groups (broad SMARTS) is 1. The van der Waals surface area contributed by atoms with Crippen molar-refractivity contribution in [2.75, 3.05) is 19.7 Å². The molecule has 1 amide bonds. The number of terminal acetylenes is 1. The van der Waals surface area contributed by atoms with Gasteiger partial charge in [0.15, 0.2) is 0 Å². The van der Waals surface area contributed by atoms with Crippen molar-refractivity contribution in [2.24, 2.45) is 0 Å². The summed E-state index contributed by atoms with van der Waals surface area (Å²) < 4.78 is 6.45. The van der Waals surface area contributed by atoms with Gasteiger partial charge in [-0.3, -0.25) is 9.59 Å². The molecule has 0 saturated carbocycles. The van der Waals surface area contributed by atoms with Gasteiger partial charge in [-0.15, -0.1) is 6.42 Å². The van der Waals surface area contributed by atoms with Crippen LogP contribution in [-0.2, 0) is 9.59 Å². The van der Waals surface area contributed by atoms with E-state index in [2.05, 4.69) is 21.9 Å². The third kappa shape index (κ3) is 6.82. The summed E-state index contributed by atoms with van der Waals surface area (Å²) in [5, 5.41) is 8.71. The summed E-state index contributed by atoms with van der Waals surface area (Å²) in [6.45, 7) is -0.000355. The highest BCUT2D eigenvalue weighted by Crippen LogP contribution is 2.16. The molecule has 5 nitrogen and oxygen atoms in total. The molecule has 1 aromatic carbocycles. The molecule has 21 heavy (non-hydrogen) atoms. The highest BCUT2D eigenvalue weighted by molar-refractivity contribution is 9.10. The number of benzene rings is 1. The molecule has 0 aliphatic rings. The second-order valence-corrected chi connectivity index (χ2v) is 5.17. The van der Waals surface area contributed by atoms with Crippen molar-refractivity contribution >= 4 is 27.8 Å². The summed E-state index contributed by atoms with van der Waals surface area (Å²) in [6, 6.07) is 7.37. The van der Waals surface area contributed by atoms with Crippen molar-refractivity contribution in [3.8, 4) is 18.1 Å². The quantitative estimate of drug-likeness (QED) is 0.574. The molecule has 0 bridgehead atoms. The molecule has 0 radical (unpaired) electrons. The van der Waals surface area contributed by atoms with Gasteiger partial charge in [0.05, 0.1) is 13.2 Å². The second kappa shape index (κ2) is 9.03. The third-order valence-electron chi connectivity index (χ3n) is 2.58. The third-order valence-corrected chi connectivity index (χ3v) is 3.11. The summed E-state index contributed by atoms with van der Waals surface area (Å²) in [7, 11) is 0. The van der Waals surface area contributed by atoms with Gasteiger partial charge in [0, 0.05) is 10.9 Å². The maximum absolute atomic E-state index is 11.8. The van der Waals surface area contributed by atoms with E-state index in [-0.39, 0.29) is 25.4 Å². The molecule has 112 valence electrons. The van der Waals surface area contributed by atoms with Gasteiger partial charge < -0.3 is 14.7 Å². The average Bonchev–Trinajstić information content (AvgIpc) is 2.44. The minimum Gasteiger partial charge on any atom is -0.494 e. The van der Waals surface area contributed by atoms with E-state index in [0.717, 1.165) is 15.1 Å². The number of carbonyl (C=O) groups is 2. The van der Waals surface area contributed by atoms with E-state index < -0.39 is 5.97 Å². The number of nitrogens with zero attached hydrogens (tertiary/aromatic N) is 1. The first-order chi connectivity index (χ1) is 10.0. The van der Waals surface area contributed by atoms with E-state index in [1.807, 2.05) is 24.3 Å². The normalized spacial score (nSPS) is 9.71. The van der Waals surface area contributed by atoms with Gasteiger partial charge in [0.1, 0.15) is 12.3 Å². The van der Waals surface area contributed by atoms with Crippen LogP contribution in [0.1, 0.15) is 12.8 Å². The number of hydrogen-bond donors (Lipinski definition) is 1. The molecule has 1 N–H and O–H groups in total. The Morgan fingerprint density at radius 3 is 2.57 bits per heavy atom. The van der Waals surface area contributed by atoms with Crippen LogP contribution in [0.25, 0.3) is 0 Å². The lowest BCUT2D eigenvalue weighted by Crippen LogP contribution is -2.36. The Balaban J connectivity index is 2.33. The van der Waals surface area contributed by atoms with E-state index in [9.17, 15) is 9.59 Å². The monoisotopic (exact) mass is 353 g/mol. The molecule has 0 aromatic heterocycles. The Morgan fingerprint density at radius 1 is 1.33 bits per heavy atom. The van der Waals surface area contributed by atoms with Gasteiger partial charge in [-0.05, 0) is 30.7 Å². The van der Waals surface area contributed by atoms with Gasteiger partial charge in [0.2, 0.25) is 5.91 Å². The summed E-state index contributed by atoms with van der Waals surface area (Å²) in [6.07, 6.45) is 5.82. The number of ether oxygens (including phenoxy) is 1. The van der Waals surface area contributed by atoms with Crippen LogP contribution in [-0.4, -0.2) is 41.6 Å². The lowest BCUT2D eigenvalue weighted by molar-refractivity contribution is -0.144. The predicted molar refractivity (Wildman–Crippen MR) is 81.9 cm³/mol. The molecular formula is C15H16BrNO4. The standard InChI is InChI=1S/C15H16BrNO4/c1-2-9-17(11-15(19)20)14(18)4-3-10-21-13-7-5-12(16)6-8-13/h1,5-8H,3-4,9-11H2,(H,19,20). The Kier molecular flexibility index (Phi) is 7.33. The van der Waals surface area contributed by atoms with Crippen LogP contribution < -0.4 is 4.74 Å². The Hall–Kier alpha value is -2.00. The summed E-state index contributed by atoms with van der Waals surface area (Å²) in [4.78, 5) is 23.6. The maximum atomic E-state index is 11.8. The van der Waals surface area contributed by atoms with E-state index in [1.165, 1.54) is 0 Å². The second-order valence-electron chi connectivity index (χ2n) is 4.25. The zero-order chi connectivity index (χ0) is 15.7. The number of rotatable bonds is 8. The fourth-order valence-electron chi connectivity index (χ4n) is 1.61. The molecule has 0 unspecified atom stereocenters. The first-order valence-corrected chi connectivity index (χ1v) is 7.13. The highest BCUT2D eigenvalue weighted by Gasteiger charge is 2.15. The van der Waals surface area contributed by atoms with Crippen molar-refractivity contribution in [1.29, 1.82) is 0 Å². The zero-order valence-corrected chi connectivity index (χ0v) is 13.0. The number of amides is 1. The largest absolute Gasteiger partial charge is 0.494 e. The van der Waals surface area contributed by atoms with Crippen LogP contribution in [0.2, 0.25) is 0 Å². The molecule has 0 atom stereocenters. The fourth-order valence-corrected chi connectivity index (χ4v) is 1.87. The average molecular weight is 354 g/mol. The summed E-state index contributed by atoms with van der Waals surface area (Å²) in [5.41, 5.74) is 0. The van der Waals surface area contributed by atoms with E-state index in [1.54, 1.807) is 0 Å². The maximum Gasteiger partial charge on any atom is 0.323 e. The Bertz CT molecular complexity index is 521. The summed E-state index contributed by atoms with van der Waals surface area (Å²) in [5.74, 6) is 1.64. The van der Waals surface area contributed by atoms with Gasteiger partial charge >= 0.3 is 5.97 Å². The minimum absolute atomic E-state index is 0.00129. The Morgan fingerprint density at radius 2 is 2.00 bits per heavy atom. The lowest BCUT2D eigenvalue weighted by atomic mass is 10.2. The van der Waals surface area contributed by atoms with Crippen molar-refractivity contribution in [3.63, 3.8) is 0 Å². The first-order valence-electron chi connectivity index (χ1n) is 6.34. The summed E-state index contributed by atoms with van der Waals surface area (Å²) >= 11 is 3.33. The topological polar surface area (TPSA) is 66.8 Å². The van der Waals surface area contributed by atoms with Crippen molar-refractivity contribution < 1.29 is 19.4 Å².